The molecule has 106 valence electrons. The van der Waals surface area contributed by atoms with Gasteiger partial charge in [-0.1, -0.05) is 41.6 Å². The Bertz CT molecular complexity index is 807. The molecule has 0 aliphatic heterocycles. The topological polar surface area (TPSA) is 29.1 Å². The quantitative estimate of drug-likeness (QED) is 0.758. The maximum atomic E-state index is 12.1. The molecule has 21 heavy (non-hydrogen) atoms. The first-order valence-corrected chi connectivity index (χ1v) is 8.35. The summed E-state index contributed by atoms with van der Waals surface area (Å²) in [5, 5.41) is 6.12. The number of nitrogens with one attached hydrogen (secondary N) is 1. The summed E-state index contributed by atoms with van der Waals surface area (Å²) < 4.78 is 1.27. The lowest BCUT2D eigenvalue weighted by Crippen LogP contribution is -2.18. The van der Waals surface area contributed by atoms with Crippen LogP contribution in [0.3, 0.4) is 0 Å². The highest BCUT2D eigenvalue weighted by Gasteiger charge is 2.13. The van der Waals surface area contributed by atoms with Gasteiger partial charge in [-0.2, -0.15) is 0 Å². The molecule has 0 bridgehead atoms. The summed E-state index contributed by atoms with van der Waals surface area (Å²) in [6.07, 6.45) is 0. The highest BCUT2D eigenvalue weighted by molar-refractivity contribution is 7.99. The summed E-state index contributed by atoms with van der Waals surface area (Å²) in [4.78, 5) is 14.2. The number of hydrogen-bond donors (Lipinski definition) is 1. The second-order valence-electron chi connectivity index (χ2n) is 4.78. The largest absolute Gasteiger partial charge is 0.355 e. The molecule has 0 saturated heterocycles. The minimum atomic E-state index is -0.0410. The molecule has 0 aliphatic rings. The molecule has 4 heteroatoms. The second-order valence-corrected chi connectivity index (χ2v) is 6.77. The van der Waals surface area contributed by atoms with E-state index in [0.29, 0.717) is 0 Å². The maximum absolute atomic E-state index is 12.1. The predicted octanol–water partition coefficient (Wildman–Crippen LogP) is 4.72. The van der Waals surface area contributed by atoms with Crippen molar-refractivity contribution in [2.75, 3.05) is 7.05 Å². The first kappa shape index (κ1) is 14.2. The van der Waals surface area contributed by atoms with Crippen molar-refractivity contribution in [3.8, 4) is 0 Å². The molecule has 1 aromatic heterocycles. The Kier molecular flexibility index (Phi) is 3.99. The molecular weight excluding hydrogens is 298 g/mol. The lowest BCUT2D eigenvalue weighted by atomic mass is 10.1. The van der Waals surface area contributed by atoms with E-state index in [1.165, 1.54) is 15.0 Å². The van der Waals surface area contributed by atoms with Gasteiger partial charge in [-0.05, 0) is 25.1 Å². The standard InChI is InChI=1S/C17H15NOS2/c1-11-7-8-15(13(9-11)17(19)18-2)21-16-10-20-14-6-4-3-5-12(14)16/h3-10H,1-2H3,(H,18,19). The van der Waals surface area contributed by atoms with Gasteiger partial charge in [-0.25, -0.2) is 0 Å². The van der Waals surface area contributed by atoms with Crippen molar-refractivity contribution in [2.45, 2.75) is 16.7 Å². The normalized spacial score (nSPS) is 10.8. The molecule has 0 atom stereocenters. The molecular formula is C17H15NOS2. The lowest BCUT2D eigenvalue weighted by Gasteiger charge is -2.08. The van der Waals surface area contributed by atoms with Gasteiger partial charge >= 0.3 is 0 Å². The average molecular weight is 313 g/mol. The Morgan fingerprint density at radius 2 is 1.95 bits per heavy atom. The van der Waals surface area contributed by atoms with E-state index in [2.05, 4.69) is 28.9 Å². The van der Waals surface area contributed by atoms with E-state index in [0.717, 1.165) is 16.0 Å². The molecule has 0 radical (unpaired) electrons. The van der Waals surface area contributed by atoms with Gasteiger partial charge in [0.2, 0.25) is 0 Å². The number of carbonyl (C=O) groups is 1. The smallest absolute Gasteiger partial charge is 0.252 e. The van der Waals surface area contributed by atoms with Crippen molar-refractivity contribution in [3.63, 3.8) is 0 Å². The van der Waals surface area contributed by atoms with Gasteiger partial charge in [-0.3, -0.25) is 4.79 Å². The third kappa shape index (κ3) is 2.82. The fourth-order valence-electron chi connectivity index (χ4n) is 2.20. The zero-order valence-corrected chi connectivity index (χ0v) is 13.5. The van der Waals surface area contributed by atoms with Gasteiger partial charge in [0.1, 0.15) is 0 Å². The lowest BCUT2D eigenvalue weighted by molar-refractivity contribution is 0.0960. The SMILES string of the molecule is CNC(=O)c1cc(C)ccc1Sc1csc2ccccc12. The number of aryl methyl sites for hydroxylation is 1. The van der Waals surface area contributed by atoms with E-state index in [9.17, 15) is 4.79 Å². The fourth-order valence-corrected chi connectivity index (χ4v) is 4.34. The summed E-state index contributed by atoms with van der Waals surface area (Å²) in [7, 11) is 1.67. The molecule has 1 N–H and O–H groups in total. The van der Waals surface area contributed by atoms with E-state index >= 15 is 0 Å². The summed E-state index contributed by atoms with van der Waals surface area (Å²) in [6, 6.07) is 14.4. The molecule has 0 fully saturated rings. The minimum Gasteiger partial charge on any atom is -0.355 e. The first-order valence-electron chi connectivity index (χ1n) is 6.66. The third-order valence-electron chi connectivity index (χ3n) is 3.27. The van der Waals surface area contributed by atoms with E-state index in [1.807, 2.05) is 31.2 Å². The number of benzene rings is 2. The van der Waals surface area contributed by atoms with Crippen molar-refractivity contribution >= 4 is 39.1 Å². The van der Waals surface area contributed by atoms with Crippen LogP contribution in [-0.2, 0) is 0 Å². The Balaban J connectivity index is 2.03. The second kappa shape index (κ2) is 5.92. The van der Waals surface area contributed by atoms with Gasteiger partial charge in [-0.15, -0.1) is 11.3 Å². The van der Waals surface area contributed by atoms with Crippen LogP contribution in [0.5, 0.6) is 0 Å². The zero-order chi connectivity index (χ0) is 14.8. The van der Waals surface area contributed by atoms with E-state index in [4.69, 9.17) is 0 Å². The van der Waals surface area contributed by atoms with Crippen LogP contribution in [0.25, 0.3) is 10.1 Å². The van der Waals surface area contributed by atoms with Crippen molar-refractivity contribution < 1.29 is 4.79 Å². The van der Waals surface area contributed by atoms with Crippen LogP contribution < -0.4 is 5.32 Å². The summed E-state index contributed by atoms with van der Waals surface area (Å²) in [5.41, 5.74) is 1.82. The number of hydrogen-bond acceptors (Lipinski definition) is 3. The van der Waals surface area contributed by atoms with Crippen LogP contribution >= 0.6 is 23.1 Å². The highest BCUT2D eigenvalue weighted by atomic mass is 32.2. The molecule has 0 saturated carbocycles. The summed E-state index contributed by atoms with van der Waals surface area (Å²) in [6.45, 7) is 2.00. The van der Waals surface area contributed by atoms with Gasteiger partial charge in [0.25, 0.3) is 5.91 Å². The van der Waals surface area contributed by atoms with Gasteiger partial charge in [0.15, 0.2) is 0 Å². The van der Waals surface area contributed by atoms with Crippen LogP contribution in [0.2, 0.25) is 0 Å². The molecule has 0 aliphatic carbocycles. The van der Waals surface area contributed by atoms with Crippen LogP contribution in [0.4, 0.5) is 0 Å². The molecule has 3 aromatic rings. The molecule has 0 unspecified atom stereocenters. The monoisotopic (exact) mass is 313 g/mol. The minimum absolute atomic E-state index is 0.0410. The van der Waals surface area contributed by atoms with Crippen molar-refractivity contribution in [2.24, 2.45) is 0 Å². The Labute approximate surface area is 132 Å². The van der Waals surface area contributed by atoms with Crippen molar-refractivity contribution in [1.29, 1.82) is 0 Å². The highest BCUT2D eigenvalue weighted by Crippen LogP contribution is 2.38. The molecule has 2 aromatic carbocycles. The molecule has 1 heterocycles. The summed E-state index contributed by atoms with van der Waals surface area (Å²) >= 11 is 3.39. The molecule has 3 rings (SSSR count). The number of rotatable bonds is 3. The molecule has 0 spiro atoms. The predicted molar refractivity (Wildman–Crippen MR) is 90.5 cm³/mol. The van der Waals surface area contributed by atoms with Crippen molar-refractivity contribution in [1.82, 2.24) is 5.32 Å². The zero-order valence-electron chi connectivity index (χ0n) is 11.8. The Hall–Kier alpha value is -1.78. The fraction of sp³-hybridized carbons (Fsp3) is 0.118. The van der Waals surface area contributed by atoms with E-state index in [-0.39, 0.29) is 5.91 Å². The average Bonchev–Trinajstić information content (AvgIpc) is 2.91. The van der Waals surface area contributed by atoms with E-state index in [1.54, 1.807) is 30.1 Å². The number of amides is 1. The number of carbonyl (C=O) groups excluding carboxylic acids is 1. The van der Waals surface area contributed by atoms with Crippen molar-refractivity contribution in [3.05, 3.63) is 59.0 Å². The number of thiophene rings is 1. The van der Waals surface area contributed by atoms with Gasteiger partial charge < -0.3 is 5.32 Å². The van der Waals surface area contributed by atoms with Gasteiger partial charge in [0.05, 0.1) is 5.56 Å². The van der Waals surface area contributed by atoms with Crippen LogP contribution in [0.1, 0.15) is 15.9 Å². The number of fused-ring (bicyclic) bond motifs is 1. The summed E-state index contributed by atoms with van der Waals surface area (Å²) in [5.74, 6) is -0.0410. The maximum Gasteiger partial charge on any atom is 0.252 e. The van der Waals surface area contributed by atoms with Crippen LogP contribution in [0.15, 0.2) is 57.6 Å². The Morgan fingerprint density at radius 3 is 2.76 bits per heavy atom. The molecule has 2 nitrogen and oxygen atoms in total. The third-order valence-corrected chi connectivity index (χ3v) is 5.52. The van der Waals surface area contributed by atoms with Crippen LogP contribution in [-0.4, -0.2) is 13.0 Å². The molecule has 1 amide bonds. The van der Waals surface area contributed by atoms with Gasteiger partial charge in [0, 0.05) is 32.3 Å². The van der Waals surface area contributed by atoms with E-state index < -0.39 is 0 Å². The van der Waals surface area contributed by atoms with Crippen LogP contribution in [0, 0.1) is 6.92 Å². The Morgan fingerprint density at radius 1 is 1.14 bits per heavy atom. The first-order chi connectivity index (χ1) is 10.2.